The number of rotatable bonds is 2. The van der Waals surface area contributed by atoms with Crippen molar-refractivity contribution in [3.63, 3.8) is 0 Å². The first-order valence-corrected chi connectivity index (χ1v) is 10.5. The van der Waals surface area contributed by atoms with Crippen LogP contribution in [-0.2, 0) is 6.42 Å². The van der Waals surface area contributed by atoms with E-state index in [0.29, 0.717) is 0 Å². The quantitative estimate of drug-likeness (QED) is 0.523. The van der Waals surface area contributed by atoms with E-state index in [1.807, 2.05) is 0 Å². The SMILES string of the molecule is BrSc1ccc2c(c1)Cc1cc(SBr)ccc1-2. The summed E-state index contributed by atoms with van der Waals surface area (Å²) in [5.74, 6) is 0. The highest BCUT2D eigenvalue weighted by Crippen LogP contribution is 2.41. The van der Waals surface area contributed by atoms with Crippen molar-refractivity contribution in [2.45, 2.75) is 16.2 Å². The summed E-state index contributed by atoms with van der Waals surface area (Å²) >= 11 is 6.86. The van der Waals surface area contributed by atoms with E-state index in [0.717, 1.165) is 6.42 Å². The first kappa shape index (κ1) is 12.2. The molecule has 2 aromatic carbocycles. The van der Waals surface area contributed by atoms with Gasteiger partial charge in [0.2, 0.25) is 0 Å². The molecule has 0 spiro atoms. The molecule has 0 atom stereocenters. The van der Waals surface area contributed by atoms with Crippen molar-refractivity contribution in [3.8, 4) is 11.1 Å². The third-order valence-corrected chi connectivity index (χ3v) is 6.11. The second kappa shape index (κ2) is 5.00. The number of fused-ring (bicyclic) bond motifs is 3. The van der Waals surface area contributed by atoms with E-state index in [9.17, 15) is 0 Å². The normalized spacial score (nSPS) is 12.4. The van der Waals surface area contributed by atoms with Crippen molar-refractivity contribution >= 4 is 50.0 Å². The van der Waals surface area contributed by atoms with Crippen molar-refractivity contribution in [2.24, 2.45) is 0 Å². The maximum absolute atomic E-state index is 3.43. The summed E-state index contributed by atoms with van der Waals surface area (Å²) in [7, 11) is 3.24. The lowest BCUT2D eigenvalue weighted by atomic mass is 10.1. The molecule has 0 aliphatic heterocycles. The van der Waals surface area contributed by atoms with E-state index in [1.165, 1.54) is 32.0 Å². The van der Waals surface area contributed by atoms with Gasteiger partial charge in [0, 0.05) is 9.79 Å². The summed E-state index contributed by atoms with van der Waals surface area (Å²) in [6.45, 7) is 0. The van der Waals surface area contributed by atoms with Gasteiger partial charge in [0.25, 0.3) is 0 Å². The molecule has 0 fully saturated rings. The van der Waals surface area contributed by atoms with E-state index in [1.54, 1.807) is 20.4 Å². The highest BCUT2D eigenvalue weighted by Gasteiger charge is 2.18. The van der Waals surface area contributed by atoms with Gasteiger partial charge in [0.1, 0.15) is 0 Å². The molecule has 4 heteroatoms. The first-order chi connectivity index (χ1) is 8.31. The van der Waals surface area contributed by atoms with Crippen LogP contribution in [0.2, 0.25) is 0 Å². The average Bonchev–Trinajstić information content (AvgIpc) is 2.74. The Labute approximate surface area is 124 Å². The maximum Gasteiger partial charge on any atom is 0.0191 e. The molecular weight excluding hydrogens is 380 g/mol. The van der Waals surface area contributed by atoms with Crippen LogP contribution in [0.3, 0.4) is 0 Å². The highest BCUT2D eigenvalue weighted by molar-refractivity contribution is 9.50. The zero-order valence-corrected chi connectivity index (χ0v) is 13.5. The molecule has 1 aliphatic carbocycles. The monoisotopic (exact) mass is 386 g/mol. The number of hydrogen-bond acceptors (Lipinski definition) is 2. The highest BCUT2D eigenvalue weighted by atomic mass is 79.9. The van der Waals surface area contributed by atoms with Crippen LogP contribution in [0.15, 0.2) is 46.2 Å². The van der Waals surface area contributed by atoms with Crippen molar-refractivity contribution in [2.75, 3.05) is 0 Å². The van der Waals surface area contributed by atoms with Crippen LogP contribution in [-0.4, -0.2) is 0 Å². The van der Waals surface area contributed by atoms with Gasteiger partial charge in [-0.2, -0.15) is 0 Å². The first-order valence-electron chi connectivity index (χ1n) is 5.15. The Balaban J connectivity index is 2.10. The maximum atomic E-state index is 3.43. The minimum Gasteiger partial charge on any atom is -0.0529 e. The van der Waals surface area contributed by atoms with Crippen LogP contribution in [0, 0.1) is 0 Å². The van der Waals surface area contributed by atoms with Gasteiger partial charge in [-0.05, 0) is 103 Å². The lowest BCUT2D eigenvalue weighted by Gasteiger charge is -2.02. The molecule has 2 aromatic rings. The smallest absolute Gasteiger partial charge is 0.0191 e. The van der Waals surface area contributed by atoms with Crippen molar-refractivity contribution in [3.05, 3.63) is 47.5 Å². The Morgan fingerprint density at radius 1 is 0.765 bits per heavy atom. The van der Waals surface area contributed by atoms with Crippen LogP contribution in [0.25, 0.3) is 11.1 Å². The summed E-state index contributed by atoms with van der Waals surface area (Å²) in [6, 6.07) is 13.3. The molecule has 0 saturated heterocycles. The zero-order chi connectivity index (χ0) is 11.8. The van der Waals surface area contributed by atoms with Gasteiger partial charge in [0.15, 0.2) is 0 Å². The minimum atomic E-state index is 1.05. The van der Waals surface area contributed by atoms with E-state index >= 15 is 0 Å². The van der Waals surface area contributed by atoms with Crippen molar-refractivity contribution < 1.29 is 0 Å². The molecule has 17 heavy (non-hydrogen) atoms. The Kier molecular flexibility index (Phi) is 3.57. The molecule has 3 rings (SSSR count). The molecule has 86 valence electrons. The van der Waals surface area contributed by atoms with Crippen LogP contribution in [0.1, 0.15) is 11.1 Å². The third-order valence-electron chi connectivity index (χ3n) is 3.00. The van der Waals surface area contributed by atoms with Gasteiger partial charge in [-0.1, -0.05) is 12.1 Å². The predicted molar refractivity (Wildman–Crippen MR) is 84.3 cm³/mol. The molecule has 0 N–H and O–H groups in total. The topological polar surface area (TPSA) is 0 Å². The molecular formula is C13H8Br2S2. The Hall–Kier alpha value is 0.1000. The third kappa shape index (κ3) is 2.21. The lowest BCUT2D eigenvalue weighted by Crippen LogP contribution is -1.80. The summed E-state index contributed by atoms with van der Waals surface area (Å²) in [5, 5.41) is 0. The summed E-state index contributed by atoms with van der Waals surface area (Å²) < 4.78 is 0. The lowest BCUT2D eigenvalue weighted by molar-refractivity contribution is 1.22. The van der Waals surface area contributed by atoms with Crippen molar-refractivity contribution in [1.82, 2.24) is 0 Å². The van der Waals surface area contributed by atoms with E-state index in [2.05, 4.69) is 66.0 Å². The van der Waals surface area contributed by atoms with Gasteiger partial charge in [0.05, 0.1) is 0 Å². The number of halogens is 2. The van der Waals surface area contributed by atoms with Gasteiger partial charge in [-0.25, -0.2) is 0 Å². The average molecular weight is 388 g/mol. The fraction of sp³-hybridized carbons (Fsp3) is 0.0769. The summed E-state index contributed by atoms with van der Waals surface area (Å²) in [4.78, 5) is 2.54. The fourth-order valence-corrected chi connectivity index (χ4v) is 4.08. The van der Waals surface area contributed by atoms with Gasteiger partial charge in [-0.3, -0.25) is 0 Å². The van der Waals surface area contributed by atoms with Gasteiger partial charge >= 0.3 is 0 Å². The van der Waals surface area contributed by atoms with Crippen LogP contribution in [0.5, 0.6) is 0 Å². The molecule has 0 radical (unpaired) electrons. The van der Waals surface area contributed by atoms with Gasteiger partial charge < -0.3 is 0 Å². The summed E-state index contributed by atoms with van der Waals surface area (Å²) in [6.07, 6.45) is 1.05. The molecule has 0 amide bonds. The van der Waals surface area contributed by atoms with E-state index in [4.69, 9.17) is 0 Å². The molecule has 0 nitrogen and oxygen atoms in total. The van der Waals surface area contributed by atoms with Crippen LogP contribution >= 0.6 is 50.0 Å². The van der Waals surface area contributed by atoms with E-state index in [-0.39, 0.29) is 0 Å². The van der Waals surface area contributed by atoms with Gasteiger partial charge in [-0.15, -0.1) is 0 Å². The zero-order valence-electron chi connectivity index (χ0n) is 8.74. The Bertz CT molecular complexity index is 530. The second-order valence-electron chi connectivity index (χ2n) is 3.97. The van der Waals surface area contributed by atoms with E-state index < -0.39 is 0 Å². The predicted octanol–water partition coefficient (Wildman–Crippen LogP) is 6.06. The molecule has 0 bridgehead atoms. The number of benzene rings is 2. The molecule has 0 unspecified atom stereocenters. The standard InChI is InChI=1S/C13H8Br2S2/c14-16-10-1-3-12-8(6-10)5-9-7-11(17-15)2-4-13(9)12/h1-4,6-7H,5H2. The summed E-state index contributed by atoms with van der Waals surface area (Å²) in [5.41, 5.74) is 5.63. The van der Waals surface area contributed by atoms with Crippen LogP contribution < -0.4 is 0 Å². The Morgan fingerprint density at radius 2 is 1.24 bits per heavy atom. The van der Waals surface area contributed by atoms with Crippen molar-refractivity contribution in [1.29, 1.82) is 0 Å². The molecule has 0 saturated carbocycles. The Morgan fingerprint density at radius 3 is 1.65 bits per heavy atom. The largest absolute Gasteiger partial charge is 0.0529 e. The van der Waals surface area contributed by atoms with Crippen LogP contribution in [0.4, 0.5) is 0 Å². The fourth-order valence-electron chi connectivity index (χ4n) is 2.26. The molecule has 0 aromatic heterocycles. The minimum absolute atomic E-state index is 1.05. The molecule has 1 aliphatic rings. The second-order valence-corrected chi connectivity index (χ2v) is 7.16. The molecule has 0 heterocycles. The number of hydrogen-bond donors (Lipinski definition) is 0.